The van der Waals surface area contributed by atoms with Crippen molar-refractivity contribution in [1.29, 1.82) is 0 Å². The van der Waals surface area contributed by atoms with Gasteiger partial charge in [-0.3, -0.25) is 9.59 Å². The molecular weight excluding hydrogens is 430 g/mol. The van der Waals surface area contributed by atoms with E-state index in [1.807, 2.05) is 52.8 Å². The van der Waals surface area contributed by atoms with Crippen LogP contribution in [0.5, 0.6) is 5.75 Å². The average molecular weight is 454 g/mol. The first kappa shape index (κ1) is 21.3. The Morgan fingerprint density at radius 2 is 2.00 bits per heavy atom. The Balaban J connectivity index is 1.32. The van der Waals surface area contributed by atoms with Gasteiger partial charge < -0.3 is 15.0 Å². The Labute approximate surface area is 189 Å². The van der Waals surface area contributed by atoms with Crippen molar-refractivity contribution in [2.24, 2.45) is 0 Å². The Morgan fingerprint density at radius 1 is 1.19 bits per heavy atom. The standard InChI is InChI=1S/C23H23N3O3S2/c1-29-17-6-4-16(5-7-17)15-24-22(28)23-25-19-10-12-26(13-11-20(19)31-23)21(27)9-8-18-3-2-14-30-18/h2-9,14H,10-13,15H2,1H3,(H,24,28)/b9-8+. The number of aromatic nitrogens is 1. The number of hydrogen-bond acceptors (Lipinski definition) is 6. The Bertz CT molecular complexity index is 1050. The van der Waals surface area contributed by atoms with E-state index in [4.69, 9.17) is 4.74 Å². The lowest BCUT2D eigenvalue weighted by atomic mass is 10.2. The summed E-state index contributed by atoms with van der Waals surface area (Å²) in [6.45, 7) is 1.68. The first-order chi connectivity index (χ1) is 15.1. The van der Waals surface area contributed by atoms with Crippen LogP contribution >= 0.6 is 22.7 Å². The topological polar surface area (TPSA) is 71.5 Å². The molecule has 1 aliphatic rings. The number of amides is 2. The van der Waals surface area contributed by atoms with Crippen LogP contribution in [0.1, 0.15) is 30.8 Å². The summed E-state index contributed by atoms with van der Waals surface area (Å²) in [5.74, 6) is 0.634. The lowest BCUT2D eigenvalue weighted by Crippen LogP contribution is -2.31. The van der Waals surface area contributed by atoms with Crippen molar-refractivity contribution in [2.45, 2.75) is 19.4 Å². The monoisotopic (exact) mass is 453 g/mol. The van der Waals surface area contributed by atoms with Gasteiger partial charge in [0, 0.05) is 48.3 Å². The fourth-order valence-corrected chi connectivity index (χ4v) is 4.96. The Hall–Kier alpha value is -2.97. The number of fused-ring (bicyclic) bond motifs is 1. The lowest BCUT2D eigenvalue weighted by Gasteiger charge is -2.18. The van der Waals surface area contributed by atoms with Crippen molar-refractivity contribution in [3.05, 3.63) is 73.9 Å². The van der Waals surface area contributed by atoms with Gasteiger partial charge in [0.25, 0.3) is 5.91 Å². The molecule has 4 rings (SSSR count). The maximum absolute atomic E-state index is 12.6. The third-order valence-electron chi connectivity index (χ3n) is 5.06. The van der Waals surface area contributed by atoms with Crippen LogP contribution in [0, 0.1) is 0 Å². The molecule has 0 saturated heterocycles. The number of nitrogens with one attached hydrogen (secondary N) is 1. The number of hydrogen-bond donors (Lipinski definition) is 1. The molecule has 0 saturated carbocycles. The molecule has 1 aliphatic heterocycles. The minimum absolute atomic E-state index is 0.0148. The zero-order valence-corrected chi connectivity index (χ0v) is 18.8. The van der Waals surface area contributed by atoms with Crippen molar-refractivity contribution in [3.8, 4) is 5.75 Å². The van der Waals surface area contributed by atoms with E-state index in [0.717, 1.165) is 33.2 Å². The van der Waals surface area contributed by atoms with Crippen LogP contribution < -0.4 is 10.1 Å². The SMILES string of the molecule is COc1ccc(CNC(=O)c2nc3c(s2)CCN(C(=O)/C=C/c2cccs2)CC3)cc1. The normalized spacial score (nSPS) is 13.6. The molecule has 3 aromatic rings. The summed E-state index contributed by atoms with van der Waals surface area (Å²) in [6.07, 6.45) is 4.88. The van der Waals surface area contributed by atoms with Crippen molar-refractivity contribution in [3.63, 3.8) is 0 Å². The predicted molar refractivity (Wildman–Crippen MR) is 124 cm³/mol. The van der Waals surface area contributed by atoms with E-state index >= 15 is 0 Å². The third kappa shape index (κ3) is 5.39. The number of nitrogens with zero attached hydrogens (tertiary/aromatic N) is 2. The second kappa shape index (κ2) is 9.89. The van der Waals surface area contributed by atoms with E-state index < -0.39 is 0 Å². The number of carbonyl (C=O) groups excluding carboxylic acids is 2. The number of ether oxygens (including phenoxy) is 1. The first-order valence-electron chi connectivity index (χ1n) is 10.0. The van der Waals surface area contributed by atoms with Crippen molar-refractivity contribution >= 4 is 40.6 Å². The summed E-state index contributed by atoms with van der Waals surface area (Å²) in [6, 6.07) is 11.5. The molecule has 8 heteroatoms. The molecule has 0 fully saturated rings. The van der Waals surface area contributed by atoms with Gasteiger partial charge in [0.1, 0.15) is 5.75 Å². The molecule has 0 atom stereocenters. The minimum Gasteiger partial charge on any atom is -0.497 e. The molecule has 31 heavy (non-hydrogen) atoms. The van der Waals surface area contributed by atoms with E-state index in [2.05, 4.69) is 10.3 Å². The minimum atomic E-state index is -0.166. The number of benzene rings is 1. The highest BCUT2D eigenvalue weighted by Gasteiger charge is 2.22. The summed E-state index contributed by atoms with van der Waals surface area (Å²) in [5, 5.41) is 5.40. The molecule has 3 heterocycles. The van der Waals surface area contributed by atoms with Crippen LogP contribution in [0.3, 0.4) is 0 Å². The van der Waals surface area contributed by atoms with Gasteiger partial charge in [0.2, 0.25) is 5.91 Å². The van der Waals surface area contributed by atoms with Gasteiger partial charge in [-0.1, -0.05) is 18.2 Å². The van der Waals surface area contributed by atoms with E-state index in [0.29, 0.717) is 31.1 Å². The fourth-order valence-electron chi connectivity index (χ4n) is 3.33. The quantitative estimate of drug-likeness (QED) is 0.577. The number of rotatable bonds is 6. The summed E-state index contributed by atoms with van der Waals surface area (Å²) in [7, 11) is 1.63. The summed E-state index contributed by atoms with van der Waals surface area (Å²) in [4.78, 5) is 33.6. The van der Waals surface area contributed by atoms with Gasteiger partial charge in [-0.15, -0.1) is 22.7 Å². The highest BCUT2D eigenvalue weighted by atomic mass is 32.1. The molecule has 0 bridgehead atoms. The highest BCUT2D eigenvalue weighted by Crippen LogP contribution is 2.23. The van der Waals surface area contributed by atoms with Crippen LogP contribution in [0.15, 0.2) is 47.9 Å². The predicted octanol–water partition coefficient (Wildman–Crippen LogP) is 3.78. The van der Waals surface area contributed by atoms with Gasteiger partial charge in [-0.05, 0) is 35.2 Å². The molecule has 1 N–H and O–H groups in total. The van der Waals surface area contributed by atoms with Crippen LogP contribution in [-0.2, 0) is 24.2 Å². The zero-order valence-electron chi connectivity index (χ0n) is 17.2. The largest absolute Gasteiger partial charge is 0.497 e. The maximum atomic E-state index is 12.6. The van der Waals surface area contributed by atoms with Crippen molar-refractivity contribution in [1.82, 2.24) is 15.2 Å². The van der Waals surface area contributed by atoms with Gasteiger partial charge in [-0.2, -0.15) is 0 Å². The summed E-state index contributed by atoms with van der Waals surface area (Å²) < 4.78 is 5.15. The number of thiazole rings is 1. The molecule has 160 valence electrons. The Morgan fingerprint density at radius 3 is 2.74 bits per heavy atom. The fraction of sp³-hybridized carbons (Fsp3) is 0.261. The van der Waals surface area contributed by atoms with Crippen LogP contribution in [0.25, 0.3) is 6.08 Å². The summed E-state index contributed by atoms with van der Waals surface area (Å²) >= 11 is 3.03. The van der Waals surface area contributed by atoms with E-state index in [1.165, 1.54) is 11.3 Å². The van der Waals surface area contributed by atoms with Crippen LogP contribution in [-0.4, -0.2) is 41.9 Å². The lowest BCUT2D eigenvalue weighted by molar-refractivity contribution is -0.125. The number of carbonyl (C=O) groups is 2. The van der Waals surface area contributed by atoms with Gasteiger partial charge in [0.05, 0.1) is 12.8 Å². The summed E-state index contributed by atoms with van der Waals surface area (Å²) in [5.41, 5.74) is 1.93. The molecule has 6 nitrogen and oxygen atoms in total. The molecule has 0 unspecified atom stereocenters. The maximum Gasteiger partial charge on any atom is 0.280 e. The Kier molecular flexibility index (Phi) is 6.79. The second-order valence-corrected chi connectivity index (χ2v) is 9.16. The van der Waals surface area contributed by atoms with E-state index in [-0.39, 0.29) is 11.8 Å². The van der Waals surface area contributed by atoms with Gasteiger partial charge >= 0.3 is 0 Å². The molecule has 2 amide bonds. The van der Waals surface area contributed by atoms with Crippen LogP contribution in [0.4, 0.5) is 0 Å². The molecule has 0 aliphatic carbocycles. The molecular formula is C23H23N3O3S2. The van der Waals surface area contributed by atoms with Gasteiger partial charge in [0.15, 0.2) is 5.01 Å². The second-order valence-electron chi connectivity index (χ2n) is 7.09. The van der Waals surface area contributed by atoms with E-state index in [1.54, 1.807) is 24.5 Å². The average Bonchev–Trinajstić information content (AvgIpc) is 3.42. The third-order valence-corrected chi connectivity index (χ3v) is 7.05. The number of methoxy groups -OCH3 is 1. The van der Waals surface area contributed by atoms with Crippen LogP contribution in [0.2, 0.25) is 0 Å². The molecule has 0 radical (unpaired) electrons. The van der Waals surface area contributed by atoms with Gasteiger partial charge in [-0.25, -0.2) is 4.98 Å². The van der Waals surface area contributed by atoms with E-state index in [9.17, 15) is 9.59 Å². The number of thiophene rings is 1. The molecule has 2 aromatic heterocycles. The molecule has 1 aromatic carbocycles. The van der Waals surface area contributed by atoms with Crippen molar-refractivity contribution in [2.75, 3.05) is 20.2 Å². The molecule has 0 spiro atoms. The zero-order chi connectivity index (χ0) is 21.6. The van der Waals surface area contributed by atoms with Crippen molar-refractivity contribution < 1.29 is 14.3 Å². The highest BCUT2D eigenvalue weighted by molar-refractivity contribution is 7.13. The first-order valence-corrected chi connectivity index (χ1v) is 11.7. The smallest absolute Gasteiger partial charge is 0.280 e.